The molecule has 0 rings (SSSR count). The largest absolute Gasteiger partial charge is 0.350 e. The SMILES string of the molecule is CCCCCCNCC(=O)NC(C)(C)C. The Morgan fingerprint density at radius 2 is 1.80 bits per heavy atom. The van der Waals surface area contributed by atoms with Gasteiger partial charge in [0.1, 0.15) is 0 Å². The van der Waals surface area contributed by atoms with E-state index in [0.29, 0.717) is 6.54 Å². The van der Waals surface area contributed by atoms with Gasteiger partial charge in [-0.2, -0.15) is 0 Å². The first-order chi connectivity index (χ1) is 6.95. The van der Waals surface area contributed by atoms with E-state index in [1.54, 1.807) is 0 Å². The molecule has 0 aromatic rings. The summed E-state index contributed by atoms with van der Waals surface area (Å²) in [5.41, 5.74) is -0.124. The average Bonchev–Trinajstić information content (AvgIpc) is 2.08. The van der Waals surface area contributed by atoms with E-state index in [0.717, 1.165) is 13.0 Å². The molecule has 3 heteroatoms. The Morgan fingerprint density at radius 3 is 2.33 bits per heavy atom. The van der Waals surface area contributed by atoms with Crippen molar-refractivity contribution in [1.82, 2.24) is 10.6 Å². The van der Waals surface area contributed by atoms with Crippen LogP contribution >= 0.6 is 0 Å². The van der Waals surface area contributed by atoms with Crippen molar-refractivity contribution >= 4 is 5.91 Å². The van der Waals surface area contributed by atoms with Crippen LogP contribution in [0.25, 0.3) is 0 Å². The highest BCUT2D eigenvalue weighted by molar-refractivity contribution is 5.78. The van der Waals surface area contributed by atoms with Gasteiger partial charge in [0.2, 0.25) is 5.91 Å². The number of nitrogens with one attached hydrogen (secondary N) is 2. The monoisotopic (exact) mass is 214 g/mol. The van der Waals surface area contributed by atoms with Crippen LogP contribution < -0.4 is 10.6 Å². The second-order valence-electron chi connectivity index (χ2n) is 5.04. The molecule has 0 bridgehead atoms. The topological polar surface area (TPSA) is 41.1 Å². The lowest BCUT2D eigenvalue weighted by Crippen LogP contribution is -2.44. The van der Waals surface area contributed by atoms with Crippen LogP contribution in [0.15, 0.2) is 0 Å². The van der Waals surface area contributed by atoms with Crippen LogP contribution in [0.2, 0.25) is 0 Å². The van der Waals surface area contributed by atoms with E-state index in [1.807, 2.05) is 20.8 Å². The molecule has 15 heavy (non-hydrogen) atoms. The first-order valence-electron chi connectivity index (χ1n) is 5.97. The molecule has 0 spiro atoms. The first kappa shape index (κ1) is 14.4. The highest BCUT2D eigenvalue weighted by atomic mass is 16.2. The summed E-state index contributed by atoms with van der Waals surface area (Å²) in [5.74, 6) is 0.0815. The molecule has 0 saturated carbocycles. The minimum absolute atomic E-state index is 0.0815. The standard InChI is InChI=1S/C12H26N2O/c1-5-6-7-8-9-13-10-11(15)14-12(2,3)4/h13H,5-10H2,1-4H3,(H,14,15). The minimum atomic E-state index is -0.124. The predicted octanol–water partition coefficient (Wildman–Crippen LogP) is 2.07. The van der Waals surface area contributed by atoms with Crippen molar-refractivity contribution in [3.05, 3.63) is 0 Å². The molecule has 0 aliphatic rings. The van der Waals surface area contributed by atoms with Crippen molar-refractivity contribution in [3.63, 3.8) is 0 Å². The zero-order valence-electron chi connectivity index (χ0n) is 10.7. The number of hydrogen-bond acceptors (Lipinski definition) is 2. The average molecular weight is 214 g/mol. The molecule has 0 aromatic carbocycles. The molecular weight excluding hydrogens is 188 g/mol. The van der Waals surface area contributed by atoms with Crippen molar-refractivity contribution in [1.29, 1.82) is 0 Å². The third kappa shape index (κ3) is 11.4. The Labute approximate surface area is 94.0 Å². The number of amides is 1. The van der Waals surface area contributed by atoms with E-state index in [-0.39, 0.29) is 11.4 Å². The van der Waals surface area contributed by atoms with Crippen molar-refractivity contribution in [2.24, 2.45) is 0 Å². The van der Waals surface area contributed by atoms with Crippen LogP contribution in [0.4, 0.5) is 0 Å². The molecule has 0 heterocycles. The smallest absolute Gasteiger partial charge is 0.234 e. The van der Waals surface area contributed by atoms with Crippen molar-refractivity contribution in [3.8, 4) is 0 Å². The van der Waals surface area contributed by atoms with Crippen LogP contribution in [-0.2, 0) is 4.79 Å². The Kier molecular flexibility index (Phi) is 7.39. The second kappa shape index (κ2) is 7.69. The van der Waals surface area contributed by atoms with Gasteiger partial charge < -0.3 is 10.6 Å². The minimum Gasteiger partial charge on any atom is -0.350 e. The summed E-state index contributed by atoms with van der Waals surface area (Å²) in [4.78, 5) is 11.4. The van der Waals surface area contributed by atoms with Gasteiger partial charge in [0, 0.05) is 5.54 Å². The fourth-order valence-electron chi connectivity index (χ4n) is 1.34. The van der Waals surface area contributed by atoms with Gasteiger partial charge in [-0.1, -0.05) is 26.2 Å². The zero-order chi connectivity index (χ0) is 11.7. The third-order valence-corrected chi connectivity index (χ3v) is 2.01. The summed E-state index contributed by atoms with van der Waals surface area (Å²) in [6.07, 6.45) is 4.96. The summed E-state index contributed by atoms with van der Waals surface area (Å²) in [7, 11) is 0. The number of rotatable bonds is 7. The quantitative estimate of drug-likeness (QED) is 0.637. The Hall–Kier alpha value is -0.570. The maximum atomic E-state index is 11.4. The van der Waals surface area contributed by atoms with Crippen LogP contribution in [0.3, 0.4) is 0 Å². The van der Waals surface area contributed by atoms with Crippen LogP contribution in [0, 0.1) is 0 Å². The number of carbonyl (C=O) groups is 1. The zero-order valence-corrected chi connectivity index (χ0v) is 10.7. The molecule has 1 amide bonds. The van der Waals surface area contributed by atoms with Crippen LogP contribution in [0.1, 0.15) is 53.4 Å². The first-order valence-corrected chi connectivity index (χ1v) is 5.97. The van der Waals surface area contributed by atoms with Gasteiger partial charge in [-0.15, -0.1) is 0 Å². The van der Waals surface area contributed by atoms with Gasteiger partial charge in [0.05, 0.1) is 6.54 Å². The molecule has 0 aliphatic heterocycles. The van der Waals surface area contributed by atoms with Gasteiger partial charge in [0.15, 0.2) is 0 Å². The van der Waals surface area contributed by atoms with E-state index in [9.17, 15) is 4.79 Å². The lowest BCUT2D eigenvalue weighted by molar-refractivity contribution is -0.121. The molecule has 0 aromatic heterocycles. The molecule has 0 saturated heterocycles. The van der Waals surface area contributed by atoms with Crippen molar-refractivity contribution in [2.75, 3.05) is 13.1 Å². The molecule has 90 valence electrons. The summed E-state index contributed by atoms with van der Waals surface area (Å²) >= 11 is 0. The molecule has 2 N–H and O–H groups in total. The molecule has 0 radical (unpaired) electrons. The van der Waals surface area contributed by atoms with Gasteiger partial charge in [-0.25, -0.2) is 0 Å². The molecule has 0 atom stereocenters. The normalized spacial score (nSPS) is 11.5. The Bertz CT molecular complexity index is 173. The molecule has 3 nitrogen and oxygen atoms in total. The lowest BCUT2D eigenvalue weighted by Gasteiger charge is -2.20. The molecule has 0 aliphatic carbocycles. The lowest BCUT2D eigenvalue weighted by atomic mass is 10.1. The number of carbonyl (C=O) groups excluding carboxylic acids is 1. The van der Waals surface area contributed by atoms with Crippen molar-refractivity contribution in [2.45, 2.75) is 58.9 Å². The second-order valence-corrected chi connectivity index (χ2v) is 5.04. The van der Waals surface area contributed by atoms with Crippen LogP contribution in [-0.4, -0.2) is 24.5 Å². The Morgan fingerprint density at radius 1 is 1.13 bits per heavy atom. The van der Waals surface area contributed by atoms with Crippen LogP contribution in [0.5, 0.6) is 0 Å². The maximum absolute atomic E-state index is 11.4. The van der Waals surface area contributed by atoms with E-state index in [2.05, 4.69) is 17.6 Å². The fourth-order valence-corrected chi connectivity index (χ4v) is 1.34. The van der Waals surface area contributed by atoms with E-state index >= 15 is 0 Å². The van der Waals surface area contributed by atoms with Gasteiger partial charge in [0.25, 0.3) is 0 Å². The van der Waals surface area contributed by atoms with Crippen molar-refractivity contribution < 1.29 is 4.79 Å². The highest BCUT2D eigenvalue weighted by Crippen LogP contribution is 1.98. The van der Waals surface area contributed by atoms with E-state index in [4.69, 9.17) is 0 Å². The van der Waals surface area contributed by atoms with E-state index < -0.39 is 0 Å². The molecular formula is C12H26N2O. The highest BCUT2D eigenvalue weighted by Gasteiger charge is 2.12. The summed E-state index contributed by atoms with van der Waals surface area (Å²) in [6, 6.07) is 0. The molecule has 0 unspecified atom stereocenters. The number of hydrogen-bond donors (Lipinski definition) is 2. The summed E-state index contributed by atoms with van der Waals surface area (Å²) in [6.45, 7) is 9.55. The molecule has 0 fully saturated rings. The Balaban J connectivity index is 3.32. The van der Waals surface area contributed by atoms with Gasteiger partial charge >= 0.3 is 0 Å². The third-order valence-electron chi connectivity index (χ3n) is 2.01. The fraction of sp³-hybridized carbons (Fsp3) is 0.917. The predicted molar refractivity (Wildman–Crippen MR) is 64.9 cm³/mol. The summed E-state index contributed by atoms with van der Waals surface area (Å²) in [5, 5.41) is 6.07. The summed E-state index contributed by atoms with van der Waals surface area (Å²) < 4.78 is 0. The maximum Gasteiger partial charge on any atom is 0.234 e. The van der Waals surface area contributed by atoms with E-state index in [1.165, 1.54) is 19.3 Å². The van der Waals surface area contributed by atoms with Gasteiger partial charge in [-0.3, -0.25) is 4.79 Å². The number of unbranched alkanes of at least 4 members (excludes halogenated alkanes) is 3. The van der Waals surface area contributed by atoms with Gasteiger partial charge in [-0.05, 0) is 33.7 Å².